The zero-order valence-electron chi connectivity index (χ0n) is 8.32. The number of benzene rings is 1. The molecule has 2 rings (SSSR count). The molecule has 0 amide bonds. The lowest BCUT2D eigenvalue weighted by molar-refractivity contribution is -0.137. The van der Waals surface area contributed by atoms with E-state index in [-0.39, 0.29) is 12.0 Å². The van der Waals surface area contributed by atoms with Crippen molar-refractivity contribution in [1.29, 1.82) is 0 Å². The SMILES string of the molecule is Nc1nnc(Nc2ccc(C(F)(F)F)cc2)o1. The number of aromatic nitrogens is 2. The van der Waals surface area contributed by atoms with Crippen LogP contribution in [0.4, 0.5) is 30.9 Å². The number of nitrogen functional groups attached to an aromatic ring is 1. The molecule has 17 heavy (non-hydrogen) atoms. The Balaban J connectivity index is 2.13. The molecule has 90 valence electrons. The van der Waals surface area contributed by atoms with E-state index in [1.54, 1.807) is 0 Å². The third kappa shape index (κ3) is 2.65. The molecular formula is C9H7F3N4O. The number of hydrogen-bond donors (Lipinski definition) is 2. The largest absolute Gasteiger partial charge is 0.416 e. The molecule has 0 fully saturated rings. The van der Waals surface area contributed by atoms with Crippen molar-refractivity contribution >= 4 is 17.7 Å². The summed E-state index contributed by atoms with van der Waals surface area (Å²) in [5.74, 6) is 0. The molecule has 1 aromatic heterocycles. The fourth-order valence-electron chi connectivity index (χ4n) is 1.15. The summed E-state index contributed by atoms with van der Waals surface area (Å²) in [5.41, 5.74) is 4.85. The molecule has 0 saturated heterocycles. The summed E-state index contributed by atoms with van der Waals surface area (Å²) in [6.07, 6.45) is -4.35. The third-order valence-corrected chi connectivity index (χ3v) is 1.90. The van der Waals surface area contributed by atoms with Crippen LogP contribution in [0.2, 0.25) is 0 Å². The Morgan fingerprint density at radius 1 is 1.12 bits per heavy atom. The van der Waals surface area contributed by atoms with Crippen LogP contribution in [0, 0.1) is 0 Å². The van der Waals surface area contributed by atoms with Gasteiger partial charge in [-0.2, -0.15) is 13.2 Å². The number of hydrogen-bond acceptors (Lipinski definition) is 5. The molecule has 0 atom stereocenters. The van der Waals surface area contributed by atoms with E-state index in [1.165, 1.54) is 12.1 Å². The van der Waals surface area contributed by atoms with Gasteiger partial charge in [-0.15, -0.1) is 0 Å². The van der Waals surface area contributed by atoms with Crippen LogP contribution in [0.15, 0.2) is 28.7 Å². The highest BCUT2D eigenvalue weighted by atomic mass is 19.4. The predicted molar refractivity (Wildman–Crippen MR) is 53.4 cm³/mol. The van der Waals surface area contributed by atoms with Gasteiger partial charge in [-0.3, -0.25) is 0 Å². The molecule has 1 heterocycles. The minimum absolute atomic E-state index is 0.0160. The van der Waals surface area contributed by atoms with Crippen LogP contribution >= 0.6 is 0 Å². The maximum Gasteiger partial charge on any atom is 0.416 e. The Labute approximate surface area is 93.4 Å². The van der Waals surface area contributed by atoms with Crippen molar-refractivity contribution in [3.63, 3.8) is 0 Å². The first kappa shape index (κ1) is 11.2. The van der Waals surface area contributed by atoms with Crippen LogP contribution in [-0.4, -0.2) is 10.2 Å². The summed E-state index contributed by atoms with van der Waals surface area (Å²) in [6, 6.07) is 4.29. The molecule has 0 saturated carbocycles. The number of halogens is 3. The fourth-order valence-corrected chi connectivity index (χ4v) is 1.15. The first-order valence-corrected chi connectivity index (χ1v) is 4.48. The van der Waals surface area contributed by atoms with Gasteiger partial charge < -0.3 is 15.5 Å². The molecule has 1 aromatic carbocycles. The van der Waals surface area contributed by atoms with Crippen LogP contribution in [0.5, 0.6) is 0 Å². The first-order valence-electron chi connectivity index (χ1n) is 4.48. The Hall–Kier alpha value is -2.25. The number of nitrogens with two attached hydrogens (primary N) is 1. The Bertz CT molecular complexity index is 506. The van der Waals surface area contributed by atoms with E-state index in [9.17, 15) is 13.2 Å². The number of alkyl halides is 3. The monoisotopic (exact) mass is 244 g/mol. The van der Waals surface area contributed by atoms with Crippen LogP contribution in [0.1, 0.15) is 5.56 Å². The maximum atomic E-state index is 12.3. The fraction of sp³-hybridized carbons (Fsp3) is 0.111. The van der Waals surface area contributed by atoms with Gasteiger partial charge in [-0.25, -0.2) is 0 Å². The van der Waals surface area contributed by atoms with Crippen molar-refractivity contribution in [2.24, 2.45) is 0 Å². The summed E-state index contributed by atoms with van der Waals surface area (Å²) < 4.78 is 41.6. The van der Waals surface area contributed by atoms with Crippen molar-refractivity contribution in [3.05, 3.63) is 29.8 Å². The standard InChI is InChI=1S/C9H7F3N4O/c10-9(11,12)5-1-3-6(4-2-5)14-8-16-15-7(13)17-8/h1-4H,(H2,13,15)(H,14,16). The van der Waals surface area contributed by atoms with E-state index < -0.39 is 11.7 Å². The molecule has 0 aliphatic rings. The van der Waals surface area contributed by atoms with Crippen molar-refractivity contribution in [2.75, 3.05) is 11.1 Å². The number of nitrogens with one attached hydrogen (secondary N) is 1. The van der Waals surface area contributed by atoms with Gasteiger partial charge in [-0.1, -0.05) is 10.2 Å². The molecular weight excluding hydrogens is 237 g/mol. The molecule has 0 spiro atoms. The minimum atomic E-state index is -4.35. The van der Waals surface area contributed by atoms with Gasteiger partial charge in [-0.05, 0) is 24.3 Å². The van der Waals surface area contributed by atoms with E-state index in [2.05, 4.69) is 15.5 Å². The second-order valence-electron chi connectivity index (χ2n) is 3.15. The van der Waals surface area contributed by atoms with Gasteiger partial charge in [0.05, 0.1) is 5.56 Å². The maximum absolute atomic E-state index is 12.3. The van der Waals surface area contributed by atoms with Crippen molar-refractivity contribution in [1.82, 2.24) is 10.2 Å². The van der Waals surface area contributed by atoms with Crippen molar-refractivity contribution in [3.8, 4) is 0 Å². The van der Waals surface area contributed by atoms with Gasteiger partial charge in [0.2, 0.25) is 0 Å². The summed E-state index contributed by atoms with van der Waals surface area (Å²) in [6.45, 7) is 0. The number of nitrogens with zero attached hydrogens (tertiary/aromatic N) is 2. The number of rotatable bonds is 2. The summed E-state index contributed by atoms with van der Waals surface area (Å²) in [5, 5.41) is 9.51. The molecule has 0 aliphatic heterocycles. The third-order valence-electron chi connectivity index (χ3n) is 1.90. The molecule has 3 N–H and O–H groups in total. The van der Waals surface area contributed by atoms with Gasteiger partial charge in [0, 0.05) is 5.69 Å². The van der Waals surface area contributed by atoms with Crippen molar-refractivity contribution in [2.45, 2.75) is 6.18 Å². The lowest BCUT2D eigenvalue weighted by atomic mass is 10.2. The Morgan fingerprint density at radius 3 is 2.24 bits per heavy atom. The lowest BCUT2D eigenvalue weighted by Crippen LogP contribution is -2.04. The van der Waals surface area contributed by atoms with Crippen LogP contribution in [0.25, 0.3) is 0 Å². The van der Waals surface area contributed by atoms with Gasteiger partial charge in [0.1, 0.15) is 0 Å². The van der Waals surface area contributed by atoms with E-state index >= 15 is 0 Å². The zero-order chi connectivity index (χ0) is 12.5. The molecule has 0 radical (unpaired) electrons. The van der Waals surface area contributed by atoms with E-state index in [4.69, 9.17) is 10.2 Å². The smallest absolute Gasteiger partial charge is 0.389 e. The highest BCUT2D eigenvalue weighted by molar-refractivity contribution is 5.52. The van der Waals surface area contributed by atoms with Crippen molar-refractivity contribution < 1.29 is 17.6 Å². The quantitative estimate of drug-likeness (QED) is 0.848. The van der Waals surface area contributed by atoms with Crippen LogP contribution in [0.3, 0.4) is 0 Å². The summed E-state index contributed by atoms with van der Waals surface area (Å²) in [4.78, 5) is 0. The number of anilines is 3. The zero-order valence-corrected chi connectivity index (χ0v) is 8.32. The molecule has 5 nitrogen and oxygen atoms in total. The normalized spacial score (nSPS) is 11.5. The van der Waals surface area contributed by atoms with Crippen LogP contribution in [-0.2, 0) is 6.18 Å². The predicted octanol–water partition coefficient (Wildman–Crippen LogP) is 2.41. The van der Waals surface area contributed by atoms with Gasteiger partial charge in [0.25, 0.3) is 0 Å². The first-order chi connectivity index (χ1) is 7.95. The Morgan fingerprint density at radius 2 is 1.76 bits per heavy atom. The van der Waals surface area contributed by atoms with Gasteiger partial charge >= 0.3 is 18.2 Å². The molecule has 0 aliphatic carbocycles. The highest BCUT2D eigenvalue weighted by Gasteiger charge is 2.29. The second-order valence-corrected chi connectivity index (χ2v) is 3.15. The minimum Gasteiger partial charge on any atom is -0.389 e. The average molecular weight is 244 g/mol. The van der Waals surface area contributed by atoms with E-state index in [0.29, 0.717) is 5.69 Å². The van der Waals surface area contributed by atoms with Gasteiger partial charge in [0.15, 0.2) is 0 Å². The van der Waals surface area contributed by atoms with E-state index in [1.807, 2.05) is 0 Å². The lowest BCUT2D eigenvalue weighted by Gasteiger charge is -2.07. The Kier molecular flexibility index (Phi) is 2.62. The molecule has 0 unspecified atom stereocenters. The average Bonchev–Trinajstić information content (AvgIpc) is 2.63. The summed E-state index contributed by atoms with van der Waals surface area (Å²) >= 11 is 0. The molecule has 0 bridgehead atoms. The topological polar surface area (TPSA) is 77.0 Å². The molecule has 8 heteroatoms. The summed E-state index contributed by atoms with van der Waals surface area (Å²) in [7, 11) is 0. The highest BCUT2D eigenvalue weighted by Crippen LogP contribution is 2.30. The molecule has 2 aromatic rings. The van der Waals surface area contributed by atoms with E-state index in [0.717, 1.165) is 12.1 Å². The van der Waals surface area contributed by atoms with Crippen LogP contribution < -0.4 is 11.1 Å². The second kappa shape index (κ2) is 3.96.